The molecule has 0 N–H and O–H groups in total. The summed E-state index contributed by atoms with van der Waals surface area (Å²) in [7, 11) is 0. The lowest BCUT2D eigenvalue weighted by atomic mass is 9.89. The minimum Gasteiger partial charge on any atom is -0.294 e. The predicted octanol–water partition coefficient (Wildman–Crippen LogP) is 5.60. The van der Waals surface area contributed by atoms with Crippen molar-refractivity contribution < 1.29 is 9.59 Å². The topological polar surface area (TPSA) is 40.6 Å². The van der Waals surface area contributed by atoms with Gasteiger partial charge in [-0.3, -0.25) is 19.4 Å². The Labute approximate surface area is 188 Å². The fourth-order valence-electron chi connectivity index (χ4n) is 4.06. The Morgan fingerprint density at radius 1 is 0.806 bits per heavy atom. The van der Waals surface area contributed by atoms with Crippen molar-refractivity contribution in [3.05, 3.63) is 95.5 Å². The molecule has 0 bridgehead atoms. The highest BCUT2D eigenvalue weighted by Gasteiger charge is 2.28. The molecule has 0 atom stereocenters. The maximum atomic E-state index is 13.3. The molecule has 0 radical (unpaired) electrons. The van der Waals surface area contributed by atoms with E-state index in [1.54, 1.807) is 29.2 Å². The lowest BCUT2D eigenvalue weighted by Crippen LogP contribution is -2.43. The van der Waals surface area contributed by atoms with E-state index in [1.807, 2.05) is 60.7 Å². The lowest BCUT2D eigenvalue weighted by Gasteiger charge is -2.32. The van der Waals surface area contributed by atoms with Crippen LogP contribution in [0.15, 0.2) is 84.9 Å². The molecule has 1 heterocycles. The average molecular weight is 433 g/mol. The monoisotopic (exact) mass is 432 g/mol. The molecule has 0 saturated carbocycles. The number of rotatable bonds is 6. The van der Waals surface area contributed by atoms with Gasteiger partial charge in [0.05, 0.1) is 6.54 Å². The minimum absolute atomic E-state index is 0.00752. The summed E-state index contributed by atoms with van der Waals surface area (Å²) in [5.74, 6) is 0.185. The zero-order chi connectivity index (χ0) is 21.6. The number of nitrogens with zero attached hydrogens (tertiary/aromatic N) is 2. The van der Waals surface area contributed by atoms with Crippen molar-refractivity contribution in [2.24, 2.45) is 5.92 Å². The standard InChI is InChI=1S/C26H25ClN2O2/c27-22-13-11-20(12-14-22)26(31)21-15-17-28(18-16-21)19-25(30)29(23-7-3-1-4-8-23)24-9-5-2-6-10-24/h1-14,21H,15-19H2. The second kappa shape index (κ2) is 9.90. The van der Waals surface area contributed by atoms with Gasteiger partial charge in [0.25, 0.3) is 0 Å². The number of Topliss-reactive ketones (excluding diaryl/α,β-unsaturated/α-hetero) is 1. The van der Waals surface area contributed by atoms with E-state index < -0.39 is 0 Å². The number of carbonyl (C=O) groups excluding carboxylic acids is 2. The van der Waals surface area contributed by atoms with E-state index in [2.05, 4.69) is 4.90 Å². The van der Waals surface area contributed by atoms with Crippen LogP contribution < -0.4 is 4.90 Å². The first-order chi connectivity index (χ1) is 15.1. The fourth-order valence-corrected chi connectivity index (χ4v) is 4.18. The number of para-hydroxylation sites is 2. The number of hydrogen-bond acceptors (Lipinski definition) is 3. The predicted molar refractivity (Wildman–Crippen MR) is 125 cm³/mol. The van der Waals surface area contributed by atoms with Gasteiger partial charge >= 0.3 is 0 Å². The second-order valence-electron chi connectivity index (χ2n) is 7.82. The van der Waals surface area contributed by atoms with Crippen LogP contribution in [0.4, 0.5) is 11.4 Å². The molecule has 31 heavy (non-hydrogen) atoms. The molecular formula is C26H25ClN2O2. The third-order valence-corrected chi connectivity index (χ3v) is 5.98. The van der Waals surface area contributed by atoms with Crippen LogP contribution in [0.3, 0.4) is 0 Å². The zero-order valence-electron chi connectivity index (χ0n) is 17.3. The van der Waals surface area contributed by atoms with E-state index in [1.165, 1.54) is 0 Å². The Balaban J connectivity index is 1.40. The summed E-state index contributed by atoms with van der Waals surface area (Å²) < 4.78 is 0. The van der Waals surface area contributed by atoms with Crippen LogP contribution in [0.25, 0.3) is 0 Å². The number of amides is 1. The molecule has 1 amide bonds. The third-order valence-electron chi connectivity index (χ3n) is 5.72. The number of benzene rings is 3. The minimum atomic E-state index is -0.00752. The van der Waals surface area contributed by atoms with Gasteiger partial charge < -0.3 is 0 Å². The smallest absolute Gasteiger partial charge is 0.245 e. The van der Waals surface area contributed by atoms with Crippen LogP contribution in [0, 0.1) is 5.92 Å². The van der Waals surface area contributed by atoms with E-state index in [0.717, 1.165) is 37.3 Å². The zero-order valence-corrected chi connectivity index (χ0v) is 18.0. The largest absolute Gasteiger partial charge is 0.294 e. The van der Waals surface area contributed by atoms with Crippen molar-refractivity contribution in [3.63, 3.8) is 0 Å². The Kier molecular flexibility index (Phi) is 6.80. The molecule has 0 spiro atoms. The Hall–Kier alpha value is -2.95. The summed E-state index contributed by atoms with van der Waals surface area (Å²) in [4.78, 5) is 30.0. The molecule has 1 aliphatic heterocycles. The molecular weight excluding hydrogens is 408 g/mol. The van der Waals surface area contributed by atoms with Gasteiger partial charge in [0.2, 0.25) is 5.91 Å². The molecule has 0 aromatic heterocycles. The summed E-state index contributed by atoms with van der Waals surface area (Å²) in [5, 5.41) is 0.631. The number of ketones is 1. The van der Waals surface area contributed by atoms with Crippen molar-refractivity contribution in [1.29, 1.82) is 0 Å². The highest BCUT2D eigenvalue weighted by atomic mass is 35.5. The third kappa shape index (κ3) is 5.22. The van der Waals surface area contributed by atoms with E-state index in [9.17, 15) is 9.59 Å². The molecule has 1 fully saturated rings. The van der Waals surface area contributed by atoms with Gasteiger partial charge in [-0.15, -0.1) is 0 Å². The van der Waals surface area contributed by atoms with Gasteiger partial charge in [-0.1, -0.05) is 48.0 Å². The van der Waals surface area contributed by atoms with Crippen LogP contribution in [0.5, 0.6) is 0 Å². The van der Waals surface area contributed by atoms with Crippen LogP contribution in [-0.4, -0.2) is 36.2 Å². The van der Waals surface area contributed by atoms with Crippen molar-refractivity contribution >= 4 is 34.7 Å². The molecule has 0 aliphatic carbocycles. The second-order valence-corrected chi connectivity index (χ2v) is 8.26. The SMILES string of the molecule is O=C(c1ccc(Cl)cc1)C1CCN(CC(=O)N(c2ccccc2)c2ccccc2)CC1. The normalized spacial score (nSPS) is 14.9. The molecule has 5 heteroatoms. The van der Waals surface area contributed by atoms with Crippen LogP contribution in [-0.2, 0) is 4.79 Å². The maximum Gasteiger partial charge on any atom is 0.245 e. The first-order valence-electron chi connectivity index (χ1n) is 10.6. The fraction of sp³-hybridized carbons (Fsp3) is 0.231. The Morgan fingerprint density at radius 3 is 1.84 bits per heavy atom. The molecule has 1 saturated heterocycles. The van der Waals surface area contributed by atoms with E-state index in [4.69, 9.17) is 11.6 Å². The van der Waals surface area contributed by atoms with E-state index in [-0.39, 0.29) is 17.6 Å². The van der Waals surface area contributed by atoms with Gasteiger partial charge in [0.15, 0.2) is 5.78 Å². The van der Waals surface area contributed by atoms with Crippen LogP contribution >= 0.6 is 11.6 Å². The first kappa shape index (κ1) is 21.3. The lowest BCUT2D eigenvalue weighted by molar-refractivity contribution is -0.119. The van der Waals surface area contributed by atoms with Gasteiger partial charge in [-0.2, -0.15) is 0 Å². The molecule has 158 valence electrons. The van der Waals surface area contributed by atoms with Gasteiger partial charge in [0, 0.05) is 27.9 Å². The molecule has 4 rings (SSSR count). The van der Waals surface area contributed by atoms with Crippen molar-refractivity contribution in [2.75, 3.05) is 24.5 Å². The van der Waals surface area contributed by atoms with Crippen molar-refractivity contribution in [3.8, 4) is 0 Å². The molecule has 3 aromatic carbocycles. The molecule has 3 aromatic rings. The Bertz CT molecular complexity index is 975. The Morgan fingerprint density at radius 2 is 1.32 bits per heavy atom. The summed E-state index contributed by atoms with van der Waals surface area (Å²) >= 11 is 5.93. The quantitative estimate of drug-likeness (QED) is 0.476. The highest BCUT2D eigenvalue weighted by Crippen LogP contribution is 2.27. The number of hydrogen-bond donors (Lipinski definition) is 0. The molecule has 1 aliphatic rings. The van der Waals surface area contributed by atoms with E-state index >= 15 is 0 Å². The summed E-state index contributed by atoms with van der Waals surface area (Å²) in [6, 6.07) is 26.5. The number of halogens is 1. The average Bonchev–Trinajstić information content (AvgIpc) is 2.81. The molecule has 0 unspecified atom stereocenters. The summed E-state index contributed by atoms with van der Waals surface area (Å²) in [5.41, 5.74) is 2.41. The van der Waals surface area contributed by atoms with Crippen molar-refractivity contribution in [1.82, 2.24) is 4.90 Å². The number of anilines is 2. The highest BCUT2D eigenvalue weighted by molar-refractivity contribution is 6.30. The molecule has 4 nitrogen and oxygen atoms in total. The van der Waals surface area contributed by atoms with Crippen LogP contribution in [0.2, 0.25) is 5.02 Å². The van der Waals surface area contributed by atoms with Gasteiger partial charge in [-0.05, 0) is 74.5 Å². The van der Waals surface area contributed by atoms with Gasteiger partial charge in [0.1, 0.15) is 0 Å². The number of likely N-dealkylation sites (tertiary alicyclic amines) is 1. The van der Waals surface area contributed by atoms with Crippen molar-refractivity contribution in [2.45, 2.75) is 12.8 Å². The van der Waals surface area contributed by atoms with E-state index in [0.29, 0.717) is 17.1 Å². The number of piperidine rings is 1. The summed E-state index contributed by atoms with van der Waals surface area (Å²) in [6.07, 6.45) is 1.51. The van der Waals surface area contributed by atoms with Crippen LogP contribution in [0.1, 0.15) is 23.2 Å². The number of carbonyl (C=O) groups is 2. The van der Waals surface area contributed by atoms with Gasteiger partial charge in [-0.25, -0.2) is 0 Å². The maximum absolute atomic E-state index is 13.3. The summed E-state index contributed by atoms with van der Waals surface area (Å²) in [6.45, 7) is 1.78. The first-order valence-corrected chi connectivity index (χ1v) is 10.9.